The van der Waals surface area contributed by atoms with Gasteiger partial charge in [-0.1, -0.05) is 24.3 Å². The number of benzene rings is 3. The van der Waals surface area contributed by atoms with Crippen LogP contribution in [0.2, 0.25) is 0 Å². The molecule has 6 rings (SSSR count). The van der Waals surface area contributed by atoms with Crippen LogP contribution in [0.4, 0.5) is 36.2 Å². The predicted molar refractivity (Wildman–Crippen MR) is 169 cm³/mol. The van der Waals surface area contributed by atoms with Crippen LogP contribution in [-0.2, 0) is 17.8 Å². The zero-order valence-electron chi connectivity index (χ0n) is 24.7. The fraction of sp³-hybridized carbons (Fsp3) is 0.212. The van der Waals surface area contributed by atoms with E-state index in [1.165, 1.54) is 59.9 Å². The summed E-state index contributed by atoms with van der Waals surface area (Å²) in [4.78, 5) is 30.2. The van der Waals surface area contributed by atoms with E-state index in [0.29, 0.717) is 33.5 Å². The molecule has 0 saturated carbocycles. The molecule has 0 atom stereocenters. The van der Waals surface area contributed by atoms with Crippen molar-refractivity contribution >= 4 is 40.3 Å². The van der Waals surface area contributed by atoms with E-state index < -0.39 is 12.1 Å². The fourth-order valence-electron chi connectivity index (χ4n) is 5.30. The average molecular weight is 631 g/mol. The fourth-order valence-corrected chi connectivity index (χ4v) is 6.21. The number of halogens is 3. The van der Waals surface area contributed by atoms with Gasteiger partial charge < -0.3 is 15.0 Å². The maximum atomic E-state index is 13.8. The number of carbonyl (C=O) groups is 1. The molecule has 0 radical (unpaired) electrons. The Hall–Kier alpha value is -4.81. The minimum absolute atomic E-state index is 0.0175. The summed E-state index contributed by atoms with van der Waals surface area (Å²) >= 11 is 1.41. The molecular weight excluding hydrogens is 601 g/mol. The van der Waals surface area contributed by atoms with Crippen molar-refractivity contribution in [2.45, 2.75) is 26.1 Å². The first-order chi connectivity index (χ1) is 21.6. The third-order valence-electron chi connectivity index (χ3n) is 7.42. The van der Waals surface area contributed by atoms with Crippen LogP contribution in [0.15, 0.2) is 79.0 Å². The van der Waals surface area contributed by atoms with Crippen molar-refractivity contribution in [3.8, 4) is 27.6 Å². The van der Waals surface area contributed by atoms with Crippen LogP contribution in [0.5, 0.6) is 5.75 Å². The third kappa shape index (κ3) is 6.52. The Labute approximate surface area is 262 Å². The van der Waals surface area contributed by atoms with E-state index >= 15 is 0 Å². The summed E-state index contributed by atoms with van der Waals surface area (Å²) in [6.45, 7) is 3.75. The first-order valence-electron chi connectivity index (χ1n) is 14.1. The molecule has 1 amide bonds. The van der Waals surface area contributed by atoms with Gasteiger partial charge in [-0.2, -0.15) is 13.2 Å². The zero-order chi connectivity index (χ0) is 31.7. The van der Waals surface area contributed by atoms with Gasteiger partial charge in [-0.15, -0.1) is 11.3 Å². The molecule has 0 saturated heterocycles. The number of anilines is 4. The molecule has 12 heteroatoms. The van der Waals surface area contributed by atoms with E-state index in [0.717, 1.165) is 35.1 Å². The predicted octanol–water partition coefficient (Wildman–Crippen LogP) is 7.54. The van der Waals surface area contributed by atoms with Crippen molar-refractivity contribution in [2.75, 3.05) is 30.9 Å². The second-order valence-corrected chi connectivity index (χ2v) is 11.9. The molecule has 0 fully saturated rings. The average Bonchev–Trinajstić information content (AvgIpc) is 3.42. The van der Waals surface area contributed by atoms with Crippen LogP contribution in [0.3, 0.4) is 0 Å². The summed E-state index contributed by atoms with van der Waals surface area (Å²) in [5.74, 6) is -1.30. The Morgan fingerprint density at radius 2 is 1.78 bits per heavy atom. The number of thiazole rings is 1. The molecule has 230 valence electrons. The van der Waals surface area contributed by atoms with Crippen LogP contribution in [0.1, 0.15) is 16.1 Å². The van der Waals surface area contributed by atoms with Crippen LogP contribution in [0, 0.1) is 6.92 Å². The number of fused-ring (bicyclic) bond motifs is 1. The Morgan fingerprint density at radius 1 is 1.00 bits per heavy atom. The third-order valence-corrected chi connectivity index (χ3v) is 8.42. The van der Waals surface area contributed by atoms with Crippen LogP contribution in [0.25, 0.3) is 21.8 Å². The second-order valence-electron chi connectivity index (χ2n) is 10.7. The summed E-state index contributed by atoms with van der Waals surface area (Å²) in [6, 6.07) is 20.3. The number of amides is 1. The van der Waals surface area contributed by atoms with Crippen molar-refractivity contribution in [1.82, 2.24) is 19.9 Å². The molecule has 0 aliphatic carbocycles. The Kier molecular flexibility index (Phi) is 8.26. The van der Waals surface area contributed by atoms with Gasteiger partial charge in [0.1, 0.15) is 5.75 Å². The van der Waals surface area contributed by atoms with Gasteiger partial charge in [-0.3, -0.25) is 9.69 Å². The van der Waals surface area contributed by atoms with E-state index in [1.807, 2.05) is 13.0 Å². The van der Waals surface area contributed by atoms with Crippen molar-refractivity contribution in [1.29, 1.82) is 0 Å². The molecule has 1 aliphatic heterocycles. The highest BCUT2D eigenvalue weighted by Crippen LogP contribution is 2.39. The van der Waals surface area contributed by atoms with Gasteiger partial charge in [-0.25, -0.2) is 15.0 Å². The molecule has 1 N–H and O–H groups in total. The molecule has 0 unspecified atom stereocenters. The number of aromatic nitrogens is 3. The molecule has 3 aromatic carbocycles. The number of ether oxygens (including phenoxy) is 1. The summed E-state index contributed by atoms with van der Waals surface area (Å²) in [5, 5.41) is 4.05. The van der Waals surface area contributed by atoms with Crippen molar-refractivity contribution < 1.29 is 22.7 Å². The van der Waals surface area contributed by atoms with E-state index in [2.05, 4.69) is 34.4 Å². The number of alkyl halides is 3. The molecule has 0 bridgehead atoms. The SMILES string of the molecule is COc1cccc(N(C(=O)C(F)(F)F)c2cccc(-c3nc(C)sc3-c3ccnc(Nc4ccc5c(c4)CN(C)CC5)n3)c2)c1. The van der Waals surface area contributed by atoms with E-state index in [4.69, 9.17) is 14.7 Å². The molecule has 0 spiro atoms. The second kappa shape index (κ2) is 12.3. The maximum absolute atomic E-state index is 13.8. The normalized spacial score (nSPS) is 13.3. The highest BCUT2D eigenvalue weighted by Gasteiger charge is 2.44. The lowest BCUT2D eigenvalue weighted by atomic mass is 9.99. The van der Waals surface area contributed by atoms with Crippen LogP contribution < -0.4 is 15.0 Å². The molecule has 5 aromatic rings. The number of nitrogens with one attached hydrogen (secondary N) is 1. The Bertz CT molecular complexity index is 1880. The lowest BCUT2D eigenvalue weighted by molar-refractivity contribution is -0.169. The quantitative estimate of drug-likeness (QED) is 0.199. The standard InChI is InChI=1S/C33H29F3N6O2S/c1-20-38-29(22-6-4-7-25(17-22)42(31(43)33(34,35)36)26-8-5-9-27(18-26)44-3)30(45-20)28-12-14-37-32(40-28)39-24-11-10-21-13-15-41(2)19-23(21)16-24/h4-12,14,16-18H,13,15,19H2,1-3H3,(H,37,39,40). The molecule has 45 heavy (non-hydrogen) atoms. The molecule has 8 nitrogen and oxygen atoms in total. The largest absolute Gasteiger partial charge is 0.497 e. The summed E-state index contributed by atoms with van der Waals surface area (Å²) in [6.07, 6.45) is -2.45. The number of hydrogen-bond donors (Lipinski definition) is 1. The monoisotopic (exact) mass is 630 g/mol. The number of carbonyl (C=O) groups excluding carboxylic acids is 1. The van der Waals surface area contributed by atoms with Crippen LogP contribution in [-0.4, -0.2) is 52.6 Å². The smallest absolute Gasteiger partial charge is 0.472 e. The first kappa shape index (κ1) is 30.2. The molecule has 1 aliphatic rings. The summed E-state index contributed by atoms with van der Waals surface area (Å²) in [7, 11) is 3.51. The highest BCUT2D eigenvalue weighted by atomic mass is 32.1. The van der Waals surface area contributed by atoms with E-state index in [-0.39, 0.29) is 11.4 Å². The van der Waals surface area contributed by atoms with Crippen molar-refractivity contribution in [3.05, 3.63) is 95.1 Å². The van der Waals surface area contributed by atoms with Gasteiger partial charge in [0, 0.05) is 42.3 Å². The van der Waals surface area contributed by atoms with Gasteiger partial charge in [0.25, 0.3) is 0 Å². The minimum Gasteiger partial charge on any atom is -0.497 e. The number of likely N-dealkylation sites (N-methyl/N-ethyl adjacent to an activating group) is 1. The van der Waals surface area contributed by atoms with Gasteiger partial charge in [0.2, 0.25) is 5.95 Å². The number of rotatable bonds is 7. The molecule has 3 heterocycles. The Balaban J connectivity index is 1.35. The Morgan fingerprint density at radius 3 is 2.56 bits per heavy atom. The van der Waals surface area contributed by atoms with E-state index in [9.17, 15) is 18.0 Å². The van der Waals surface area contributed by atoms with Crippen LogP contribution >= 0.6 is 11.3 Å². The number of aryl methyl sites for hydroxylation is 1. The van der Waals surface area contributed by atoms with Crippen molar-refractivity contribution in [2.24, 2.45) is 0 Å². The maximum Gasteiger partial charge on any atom is 0.472 e. The highest BCUT2D eigenvalue weighted by molar-refractivity contribution is 7.15. The first-order valence-corrected chi connectivity index (χ1v) is 14.9. The number of methoxy groups -OCH3 is 1. The van der Waals surface area contributed by atoms with Gasteiger partial charge in [0.05, 0.1) is 34.1 Å². The summed E-state index contributed by atoms with van der Waals surface area (Å²) in [5.41, 5.74) is 5.19. The lowest BCUT2D eigenvalue weighted by Gasteiger charge is -2.25. The van der Waals surface area contributed by atoms with Gasteiger partial charge in [-0.05, 0) is 74.0 Å². The lowest BCUT2D eigenvalue weighted by Crippen LogP contribution is -2.38. The molecule has 2 aromatic heterocycles. The summed E-state index contributed by atoms with van der Waals surface area (Å²) < 4.78 is 46.6. The van der Waals surface area contributed by atoms with E-state index in [1.54, 1.807) is 30.5 Å². The van der Waals surface area contributed by atoms with Crippen molar-refractivity contribution in [3.63, 3.8) is 0 Å². The zero-order valence-corrected chi connectivity index (χ0v) is 25.5. The molecular formula is C33H29F3N6O2S. The van der Waals surface area contributed by atoms with Gasteiger partial charge >= 0.3 is 12.1 Å². The topological polar surface area (TPSA) is 83.5 Å². The number of hydrogen-bond acceptors (Lipinski definition) is 8. The number of nitrogens with zero attached hydrogens (tertiary/aromatic N) is 5. The van der Waals surface area contributed by atoms with Gasteiger partial charge in [0.15, 0.2) is 0 Å². The minimum atomic E-state index is -5.11.